The van der Waals surface area contributed by atoms with Crippen LogP contribution in [-0.2, 0) is 6.61 Å². The van der Waals surface area contributed by atoms with Gasteiger partial charge in [0.15, 0.2) is 5.82 Å². The van der Waals surface area contributed by atoms with Gasteiger partial charge in [0, 0.05) is 17.3 Å². The summed E-state index contributed by atoms with van der Waals surface area (Å²) in [5.74, 6) is 1.30. The molecule has 0 saturated carbocycles. The van der Waals surface area contributed by atoms with Crippen LogP contribution in [0.3, 0.4) is 0 Å². The third-order valence-electron chi connectivity index (χ3n) is 3.09. The molecule has 0 aliphatic heterocycles. The van der Waals surface area contributed by atoms with Gasteiger partial charge < -0.3 is 4.74 Å². The van der Waals surface area contributed by atoms with E-state index in [0.717, 1.165) is 16.8 Å². The first-order chi connectivity index (χ1) is 10.3. The lowest BCUT2D eigenvalue weighted by atomic mass is 10.2. The Morgan fingerprint density at radius 3 is 2.24 bits per heavy atom. The zero-order valence-electron chi connectivity index (χ0n) is 11.9. The van der Waals surface area contributed by atoms with Crippen molar-refractivity contribution in [3.8, 4) is 17.3 Å². The maximum absolute atomic E-state index is 5.78. The van der Waals surface area contributed by atoms with Crippen LogP contribution in [0.2, 0.25) is 0 Å². The molecule has 3 heteroatoms. The van der Waals surface area contributed by atoms with Crippen molar-refractivity contribution < 1.29 is 4.74 Å². The summed E-state index contributed by atoms with van der Waals surface area (Å²) >= 11 is 0. The molecule has 0 saturated heterocycles. The average Bonchev–Trinajstić information content (AvgIpc) is 2.54. The Hall–Kier alpha value is -2.68. The van der Waals surface area contributed by atoms with E-state index in [1.165, 1.54) is 0 Å². The van der Waals surface area contributed by atoms with E-state index in [1.54, 1.807) is 0 Å². The standard InChI is InChI=1S/C18H16N2O/c1-14-12-17(21-13-15-8-4-2-5-9-15)20-18(19-14)16-10-6-3-7-11-16/h2-12H,13H2,1H3. The second kappa shape index (κ2) is 6.18. The van der Waals surface area contributed by atoms with Gasteiger partial charge in [-0.15, -0.1) is 0 Å². The van der Waals surface area contributed by atoms with Crippen LogP contribution >= 0.6 is 0 Å². The summed E-state index contributed by atoms with van der Waals surface area (Å²) in [4.78, 5) is 8.95. The van der Waals surface area contributed by atoms with Gasteiger partial charge in [-0.3, -0.25) is 0 Å². The van der Waals surface area contributed by atoms with Crippen LogP contribution in [0.15, 0.2) is 66.7 Å². The quantitative estimate of drug-likeness (QED) is 0.721. The Balaban J connectivity index is 1.82. The molecule has 0 aliphatic carbocycles. The Morgan fingerprint density at radius 1 is 0.857 bits per heavy atom. The number of hydrogen-bond donors (Lipinski definition) is 0. The monoisotopic (exact) mass is 276 g/mol. The molecule has 0 atom stereocenters. The van der Waals surface area contributed by atoms with Crippen LogP contribution in [-0.4, -0.2) is 9.97 Å². The first kappa shape index (κ1) is 13.3. The van der Waals surface area contributed by atoms with Gasteiger partial charge in [-0.05, 0) is 12.5 Å². The van der Waals surface area contributed by atoms with Gasteiger partial charge in [0.25, 0.3) is 0 Å². The fourth-order valence-electron chi connectivity index (χ4n) is 2.06. The van der Waals surface area contributed by atoms with Crippen LogP contribution in [0, 0.1) is 6.92 Å². The summed E-state index contributed by atoms with van der Waals surface area (Å²) in [6, 6.07) is 21.8. The molecule has 2 aromatic carbocycles. The Kier molecular flexibility index (Phi) is 3.92. The highest BCUT2D eigenvalue weighted by Gasteiger charge is 2.05. The molecule has 0 radical (unpaired) electrons. The van der Waals surface area contributed by atoms with Gasteiger partial charge in [-0.2, -0.15) is 4.98 Å². The molecule has 104 valence electrons. The number of aryl methyl sites for hydroxylation is 1. The van der Waals surface area contributed by atoms with E-state index >= 15 is 0 Å². The Labute approximate surface area is 124 Å². The fraction of sp³-hybridized carbons (Fsp3) is 0.111. The minimum absolute atomic E-state index is 0.505. The summed E-state index contributed by atoms with van der Waals surface area (Å²) < 4.78 is 5.78. The first-order valence-electron chi connectivity index (χ1n) is 6.89. The lowest BCUT2D eigenvalue weighted by Gasteiger charge is -2.08. The molecule has 0 spiro atoms. The Bertz CT molecular complexity index is 712. The molecule has 0 aliphatic rings. The summed E-state index contributed by atoms with van der Waals surface area (Å²) in [6.07, 6.45) is 0. The smallest absolute Gasteiger partial charge is 0.217 e. The van der Waals surface area contributed by atoms with Crippen LogP contribution in [0.4, 0.5) is 0 Å². The second-order valence-corrected chi connectivity index (χ2v) is 4.81. The van der Waals surface area contributed by atoms with E-state index in [-0.39, 0.29) is 0 Å². The molecule has 3 nitrogen and oxygen atoms in total. The fourth-order valence-corrected chi connectivity index (χ4v) is 2.06. The molecule has 0 amide bonds. The highest BCUT2D eigenvalue weighted by Crippen LogP contribution is 2.19. The van der Waals surface area contributed by atoms with Gasteiger partial charge in [0.05, 0.1) is 0 Å². The van der Waals surface area contributed by atoms with Gasteiger partial charge in [0.2, 0.25) is 5.88 Å². The highest BCUT2D eigenvalue weighted by atomic mass is 16.5. The second-order valence-electron chi connectivity index (χ2n) is 4.81. The first-order valence-corrected chi connectivity index (χ1v) is 6.89. The van der Waals surface area contributed by atoms with E-state index < -0.39 is 0 Å². The molecule has 1 heterocycles. The van der Waals surface area contributed by atoms with E-state index in [4.69, 9.17) is 4.74 Å². The van der Waals surface area contributed by atoms with Gasteiger partial charge in [-0.1, -0.05) is 60.7 Å². The summed E-state index contributed by atoms with van der Waals surface area (Å²) in [5.41, 5.74) is 3.01. The lowest BCUT2D eigenvalue weighted by Crippen LogP contribution is -2.00. The highest BCUT2D eigenvalue weighted by molar-refractivity contribution is 5.55. The van der Waals surface area contributed by atoms with Crippen molar-refractivity contribution in [3.05, 3.63) is 78.0 Å². The van der Waals surface area contributed by atoms with Crippen molar-refractivity contribution >= 4 is 0 Å². The van der Waals surface area contributed by atoms with Crippen molar-refractivity contribution in [2.75, 3.05) is 0 Å². The third kappa shape index (κ3) is 3.45. The van der Waals surface area contributed by atoms with Crippen molar-refractivity contribution in [1.29, 1.82) is 0 Å². The number of ether oxygens (including phenoxy) is 1. The molecular weight excluding hydrogens is 260 g/mol. The average molecular weight is 276 g/mol. The van der Waals surface area contributed by atoms with Crippen molar-refractivity contribution in [2.24, 2.45) is 0 Å². The maximum atomic E-state index is 5.78. The summed E-state index contributed by atoms with van der Waals surface area (Å²) in [5, 5.41) is 0. The van der Waals surface area contributed by atoms with Crippen molar-refractivity contribution in [3.63, 3.8) is 0 Å². The largest absolute Gasteiger partial charge is 0.473 e. The molecular formula is C18H16N2O. The molecule has 0 N–H and O–H groups in total. The van der Waals surface area contributed by atoms with Crippen LogP contribution in [0.25, 0.3) is 11.4 Å². The number of hydrogen-bond acceptors (Lipinski definition) is 3. The van der Waals surface area contributed by atoms with Gasteiger partial charge >= 0.3 is 0 Å². The number of nitrogens with zero attached hydrogens (tertiary/aromatic N) is 2. The topological polar surface area (TPSA) is 35.0 Å². The predicted molar refractivity (Wildman–Crippen MR) is 83.0 cm³/mol. The summed E-state index contributed by atoms with van der Waals surface area (Å²) in [7, 11) is 0. The van der Waals surface area contributed by atoms with Gasteiger partial charge in [-0.25, -0.2) is 4.98 Å². The normalized spacial score (nSPS) is 10.3. The molecule has 3 aromatic rings. The van der Waals surface area contributed by atoms with Crippen LogP contribution in [0.1, 0.15) is 11.3 Å². The van der Waals surface area contributed by atoms with E-state index in [1.807, 2.05) is 73.7 Å². The van der Waals surface area contributed by atoms with Gasteiger partial charge in [0.1, 0.15) is 6.61 Å². The lowest BCUT2D eigenvalue weighted by molar-refractivity contribution is 0.293. The summed E-state index contributed by atoms with van der Waals surface area (Å²) in [6.45, 7) is 2.45. The van der Waals surface area contributed by atoms with E-state index in [2.05, 4.69) is 9.97 Å². The molecule has 3 rings (SSSR count). The maximum Gasteiger partial charge on any atom is 0.217 e. The molecule has 0 fully saturated rings. The van der Waals surface area contributed by atoms with E-state index in [0.29, 0.717) is 18.3 Å². The molecule has 0 bridgehead atoms. The van der Waals surface area contributed by atoms with E-state index in [9.17, 15) is 0 Å². The van der Waals surface area contributed by atoms with Crippen molar-refractivity contribution in [1.82, 2.24) is 9.97 Å². The molecule has 0 unspecified atom stereocenters. The zero-order valence-corrected chi connectivity index (χ0v) is 11.9. The number of benzene rings is 2. The SMILES string of the molecule is Cc1cc(OCc2ccccc2)nc(-c2ccccc2)n1. The Morgan fingerprint density at radius 2 is 1.52 bits per heavy atom. The number of aromatic nitrogens is 2. The van der Waals surface area contributed by atoms with Crippen molar-refractivity contribution in [2.45, 2.75) is 13.5 Å². The predicted octanol–water partition coefficient (Wildman–Crippen LogP) is 4.03. The number of rotatable bonds is 4. The molecule has 21 heavy (non-hydrogen) atoms. The van der Waals surface area contributed by atoms with Crippen LogP contribution < -0.4 is 4.74 Å². The van der Waals surface area contributed by atoms with Crippen LogP contribution in [0.5, 0.6) is 5.88 Å². The minimum atomic E-state index is 0.505. The third-order valence-corrected chi connectivity index (χ3v) is 3.09. The minimum Gasteiger partial charge on any atom is -0.473 e. The molecule has 1 aromatic heterocycles. The zero-order chi connectivity index (χ0) is 14.5.